The van der Waals surface area contributed by atoms with Crippen molar-refractivity contribution in [3.8, 4) is 11.5 Å². The highest BCUT2D eigenvalue weighted by atomic mass is 16.5. The lowest BCUT2D eigenvalue weighted by molar-refractivity contribution is -0.142. The number of amides is 2. The Labute approximate surface area is 205 Å². The summed E-state index contributed by atoms with van der Waals surface area (Å²) in [4.78, 5) is 29.1. The summed E-state index contributed by atoms with van der Waals surface area (Å²) < 4.78 is 12.6. The van der Waals surface area contributed by atoms with Crippen LogP contribution >= 0.6 is 0 Å². The molecule has 1 aliphatic rings. The normalized spacial score (nSPS) is 14.1. The number of hydrogen-bond donors (Lipinski definition) is 1. The average molecular weight is 480 g/mol. The fourth-order valence-electron chi connectivity index (χ4n) is 4.20. The predicted octanol–water partition coefficient (Wildman–Crippen LogP) is 3.34. The summed E-state index contributed by atoms with van der Waals surface area (Å²) in [7, 11) is 3.13. The van der Waals surface area contributed by atoms with Gasteiger partial charge in [-0.1, -0.05) is 31.2 Å². The fraction of sp³-hybridized carbons (Fsp3) is 0.462. The molecular formula is C26H33N5O4. The molecule has 2 aromatic carbocycles. The van der Waals surface area contributed by atoms with Crippen LogP contribution in [-0.2, 0) is 16.1 Å². The van der Waals surface area contributed by atoms with Gasteiger partial charge in [0.2, 0.25) is 11.8 Å². The van der Waals surface area contributed by atoms with Gasteiger partial charge in [0, 0.05) is 24.2 Å². The molecular weight excluding hydrogens is 446 g/mol. The van der Waals surface area contributed by atoms with Crippen LogP contribution in [0.25, 0.3) is 11.0 Å². The Hall–Kier alpha value is -3.62. The lowest BCUT2D eigenvalue weighted by Gasteiger charge is -2.32. The Balaban J connectivity index is 1.69. The lowest BCUT2D eigenvalue weighted by Crippen LogP contribution is -2.46. The first kappa shape index (κ1) is 24.5. The molecule has 1 aliphatic carbocycles. The smallest absolute Gasteiger partial charge is 0.247 e. The predicted molar refractivity (Wildman–Crippen MR) is 132 cm³/mol. The fourth-order valence-corrected chi connectivity index (χ4v) is 4.20. The quantitative estimate of drug-likeness (QED) is 0.453. The first-order chi connectivity index (χ1) is 16.9. The van der Waals surface area contributed by atoms with Gasteiger partial charge in [-0.3, -0.25) is 9.59 Å². The molecule has 1 fully saturated rings. The molecule has 1 unspecified atom stereocenters. The van der Waals surface area contributed by atoms with Gasteiger partial charge in [0.05, 0.1) is 19.7 Å². The van der Waals surface area contributed by atoms with Crippen molar-refractivity contribution in [3.05, 3.63) is 48.0 Å². The summed E-state index contributed by atoms with van der Waals surface area (Å²) in [5.41, 5.74) is 2.12. The summed E-state index contributed by atoms with van der Waals surface area (Å²) in [6.07, 6.45) is 2.54. The van der Waals surface area contributed by atoms with Crippen LogP contribution in [-0.4, -0.2) is 58.5 Å². The van der Waals surface area contributed by atoms with Crippen LogP contribution < -0.4 is 14.8 Å². The molecule has 3 aromatic rings. The first-order valence-electron chi connectivity index (χ1n) is 12.0. The molecule has 9 heteroatoms. The van der Waals surface area contributed by atoms with E-state index < -0.39 is 6.04 Å². The van der Waals surface area contributed by atoms with Gasteiger partial charge in [-0.05, 0) is 49.4 Å². The SMILES string of the molecule is COc1ccc(C(C(=O)NCCC(C)C)N(C(=O)Cn2nnc3ccccc32)C2CC2)c(OC)c1. The number of rotatable bonds is 11. The molecule has 0 aliphatic heterocycles. The molecule has 9 nitrogen and oxygen atoms in total. The first-order valence-corrected chi connectivity index (χ1v) is 12.0. The highest BCUT2D eigenvalue weighted by Gasteiger charge is 2.42. The topological polar surface area (TPSA) is 98.6 Å². The van der Waals surface area contributed by atoms with Gasteiger partial charge in [0.25, 0.3) is 0 Å². The van der Waals surface area contributed by atoms with Crippen molar-refractivity contribution < 1.29 is 19.1 Å². The molecule has 0 radical (unpaired) electrons. The number of fused-ring (bicyclic) bond motifs is 1. The Bertz CT molecular complexity index is 1190. The molecule has 1 N–H and O–H groups in total. The molecule has 2 amide bonds. The van der Waals surface area contributed by atoms with E-state index in [2.05, 4.69) is 29.5 Å². The van der Waals surface area contributed by atoms with Gasteiger partial charge in [0.15, 0.2) is 0 Å². The van der Waals surface area contributed by atoms with Crippen LogP contribution in [0.1, 0.15) is 44.7 Å². The van der Waals surface area contributed by atoms with Crippen molar-refractivity contribution in [3.63, 3.8) is 0 Å². The lowest BCUT2D eigenvalue weighted by atomic mass is 10.0. The molecule has 4 rings (SSSR count). The maximum atomic E-state index is 13.8. The Morgan fingerprint density at radius 2 is 1.91 bits per heavy atom. The largest absolute Gasteiger partial charge is 0.497 e. The van der Waals surface area contributed by atoms with Crippen molar-refractivity contribution in [1.29, 1.82) is 0 Å². The molecule has 0 bridgehead atoms. The van der Waals surface area contributed by atoms with Crippen LogP contribution in [0.2, 0.25) is 0 Å². The summed E-state index contributed by atoms with van der Waals surface area (Å²) in [6.45, 7) is 4.74. The van der Waals surface area contributed by atoms with E-state index in [-0.39, 0.29) is 24.4 Å². The van der Waals surface area contributed by atoms with Crippen LogP contribution in [0, 0.1) is 5.92 Å². The van der Waals surface area contributed by atoms with Gasteiger partial charge < -0.3 is 19.7 Å². The maximum Gasteiger partial charge on any atom is 0.247 e. The molecule has 35 heavy (non-hydrogen) atoms. The third-order valence-electron chi connectivity index (χ3n) is 6.22. The van der Waals surface area contributed by atoms with E-state index >= 15 is 0 Å². The summed E-state index contributed by atoms with van der Waals surface area (Å²) in [5.74, 6) is 1.15. The number of para-hydroxylation sites is 1. The molecule has 1 aromatic heterocycles. The third-order valence-corrected chi connectivity index (χ3v) is 6.22. The minimum Gasteiger partial charge on any atom is -0.497 e. The second-order valence-corrected chi connectivity index (χ2v) is 9.25. The van der Waals surface area contributed by atoms with Gasteiger partial charge in [-0.15, -0.1) is 5.10 Å². The van der Waals surface area contributed by atoms with E-state index in [1.165, 1.54) is 0 Å². The molecule has 0 spiro atoms. The Morgan fingerprint density at radius 3 is 2.60 bits per heavy atom. The number of benzene rings is 2. The number of carbonyl (C=O) groups is 2. The second kappa shape index (κ2) is 10.8. The standard InChI is InChI=1S/C26H33N5O4/c1-17(2)13-14-27-26(33)25(20-12-11-19(34-3)15-23(20)35-4)31(18-9-10-18)24(32)16-30-22-8-6-5-7-21(22)28-29-30/h5-8,11-12,15,17-18,25H,9-10,13-14,16H2,1-4H3,(H,27,33). The third kappa shape index (κ3) is 5.55. The van der Waals surface area contributed by atoms with Crippen molar-refractivity contribution >= 4 is 22.8 Å². The van der Waals surface area contributed by atoms with E-state index in [9.17, 15) is 9.59 Å². The monoisotopic (exact) mass is 479 g/mol. The van der Waals surface area contributed by atoms with Crippen molar-refractivity contribution in [1.82, 2.24) is 25.2 Å². The zero-order chi connectivity index (χ0) is 24.9. The minimum atomic E-state index is -0.835. The Morgan fingerprint density at radius 1 is 1.14 bits per heavy atom. The van der Waals surface area contributed by atoms with E-state index in [0.717, 1.165) is 30.3 Å². The summed E-state index contributed by atoms with van der Waals surface area (Å²) >= 11 is 0. The van der Waals surface area contributed by atoms with Gasteiger partial charge in [-0.2, -0.15) is 0 Å². The molecule has 1 heterocycles. The highest BCUT2D eigenvalue weighted by Crippen LogP contribution is 2.39. The number of hydrogen-bond acceptors (Lipinski definition) is 6. The summed E-state index contributed by atoms with van der Waals surface area (Å²) in [6, 6.07) is 12.0. The molecule has 1 atom stereocenters. The highest BCUT2D eigenvalue weighted by molar-refractivity contribution is 5.90. The zero-order valence-electron chi connectivity index (χ0n) is 20.7. The van der Waals surface area contributed by atoms with Crippen molar-refractivity contribution in [2.45, 2.75) is 51.7 Å². The van der Waals surface area contributed by atoms with E-state index in [4.69, 9.17) is 9.47 Å². The number of nitrogens with one attached hydrogen (secondary N) is 1. The minimum absolute atomic E-state index is 0.00867. The molecule has 0 saturated heterocycles. The van der Waals surface area contributed by atoms with Gasteiger partial charge in [0.1, 0.15) is 29.6 Å². The Kier molecular flexibility index (Phi) is 7.53. The number of nitrogens with zero attached hydrogens (tertiary/aromatic N) is 4. The number of ether oxygens (including phenoxy) is 2. The van der Waals surface area contributed by atoms with Crippen LogP contribution in [0.4, 0.5) is 0 Å². The van der Waals surface area contributed by atoms with Crippen molar-refractivity contribution in [2.24, 2.45) is 5.92 Å². The van der Waals surface area contributed by atoms with Crippen LogP contribution in [0.5, 0.6) is 11.5 Å². The van der Waals surface area contributed by atoms with Crippen LogP contribution in [0.15, 0.2) is 42.5 Å². The average Bonchev–Trinajstić information content (AvgIpc) is 3.62. The molecule has 1 saturated carbocycles. The number of aromatic nitrogens is 3. The van der Waals surface area contributed by atoms with Gasteiger partial charge in [-0.25, -0.2) is 4.68 Å². The van der Waals surface area contributed by atoms with Crippen LogP contribution in [0.3, 0.4) is 0 Å². The second-order valence-electron chi connectivity index (χ2n) is 9.25. The number of methoxy groups -OCH3 is 2. The van der Waals surface area contributed by atoms with E-state index in [1.54, 1.807) is 42.0 Å². The van der Waals surface area contributed by atoms with Crippen molar-refractivity contribution in [2.75, 3.05) is 20.8 Å². The molecule has 186 valence electrons. The maximum absolute atomic E-state index is 13.8. The zero-order valence-corrected chi connectivity index (χ0v) is 20.7. The van der Waals surface area contributed by atoms with E-state index in [1.807, 2.05) is 24.3 Å². The number of carbonyl (C=O) groups excluding carboxylic acids is 2. The van der Waals surface area contributed by atoms with E-state index in [0.29, 0.717) is 29.5 Å². The summed E-state index contributed by atoms with van der Waals surface area (Å²) in [5, 5.41) is 11.4. The van der Waals surface area contributed by atoms with Gasteiger partial charge >= 0.3 is 0 Å².